The molecule has 1 fully saturated rings. The van der Waals surface area contributed by atoms with E-state index in [4.69, 9.17) is 5.73 Å². The monoisotopic (exact) mass is 285 g/mol. The summed E-state index contributed by atoms with van der Waals surface area (Å²) in [5.41, 5.74) is 6.02. The molecule has 1 saturated carbocycles. The molecular weight excluding hydrogens is 260 g/mol. The Kier molecular flexibility index (Phi) is 5.95. The number of carboxylic acids is 1. The number of aliphatic carboxylic acids is 1. The van der Waals surface area contributed by atoms with E-state index < -0.39 is 30.0 Å². The summed E-state index contributed by atoms with van der Waals surface area (Å²) in [5, 5.41) is 24.2. The molecule has 0 bridgehead atoms. The van der Waals surface area contributed by atoms with Gasteiger partial charge in [0.05, 0.1) is 6.10 Å². The van der Waals surface area contributed by atoms with Crippen LogP contribution in [0.4, 0.5) is 0 Å². The van der Waals surface area contributed by atoms with Crippen LogP contribution in [0.5, 0.6) is 0 Å². The molecule has 20 heavy (non-hydrogen) atoms. The van der Waals surface area contributed by atoms with Crippen molar-refractivity contribution in [2.45, 2.75) is 58.2 Å². The summed E-state index contributed by atoms with van der Waals surface area (Å²) >= 11 is 0. The topological polar surface area (TPSA) is 115 Å². The Balaban J connectivity index is 3.00. The van der Waals surface area contributed by atoms with Crippen molar-refractivity contribution in [3.05, 3.63) is 0 Å². The Morgan fingerprint density at radius 1 is 1.40 bits per heavy atom. The van der Waals surface area contributed by atoms with Crippen LogP contribution in [0.25, 0.3) is 0 Å². The minimum absolute atomic E-state index is 0.158. The molecule has 4 N–H and O–H groups in total. The van der Waals surface area contributed by atoms with E-state index in [1.54, 1.807) is 0 Å². The van der Waals surface area contributed by atoms with Crippen LogP contribution >= 0.6 is 0 Å². The third-order valence-electron chi connectivity index (χ3n) is 4.47. The molecule has 0 aliphatic heterocycles. The molecular formula is C14H25N2O4-. The summed E-state index contributed by atoms with van der Waals surface area (Å²) in [7, 11) is 0. The normalized spacial score (nSPS) is 31.3. The molecule has 1 amide bonds. The number of carbonyl (C=O) groups is 2. The van der Waals surface area contributed by atoms with Gasteiger partial charge in [-0.25, -0.2) is 0 Å². The van der Waals surface area contributed by atoms with Gasteiger partial charge in [0.2, 0.25) is 5.91 Å². The van der Waals surface area contributed by atoms with Gasteiger partial charge < -0.3 is 26.1 Å². The summed E-state index contributed by atoms with van der Waals surface area (Å²) in [6, 6.07) is -0.762. The molecule has 0 heterocycles. The van der Waals surface area contributed by atoms with E-state index in [9.17, 15) is 19.8 Å². The Morgan fingerprint density at radius 2 is 1.95 bits per heavy atom. The maximum absolute atomic E-state index is 11.4. The van der Waals surface area contributed by atoms with E-state index in [0.29, 0.717) is 0 Å². The van der Waals surface area contributed by atoms with Crippen molar-refractivity contribution in [2.75, 3.05) is 0 Å². The van der Waals surface area contributed by atoms with Gasteiger partial charge in [-0.1, -0.05) is 26.7 Å². The number of aliphatic hydroxyl groups is 1. The Morgan fingerprint density at radius 3 is 2.30 bits per heavy atom. The second-order valence-electron chi connectivity index (χ2n) is 5.70. The summed E-state index contributed by atoms with van der Waals surface area (Å²) in [6.07, 6.45) is 0.762. The highest BCUT2D eigenvalue weighted by atomic mass is 16.4. The number of aliphatic hydroxyl groups excluding tert-OH is 1. The molecule has 0 unspecified atom stereocenters. The highest BCUT2D eigenvalue weighted by Crippen LogP contribution is 2.36. The van der Waals surface area contributed by atoms with Crippen LogP contribution in [0.1, 0.15) is 40.0 Å². The minimum Gasteiger partial charge on any atom is -0.550 e. The molecule has 1 aliphatic carbocycles. The van der Waals surface area contributed by atoms with Crippen molar-refractivity contribution >= 4 is 11.9 Å². The molecule has 116 valence electrons. The lowest BCUT2D eigenvalue weighted by Gasteiger charge is -2.35. The van der Waals surface area contributed by atoms with Crippen LogP contribution in [-0.2, 0) is 9.59 Å². The average Bonchev–Trinajstić information content (AvgIpc) is 2.65. The van der Waals surface area contributed by atoms with Crippen LogP contribution in [0.15, 0.2) is 0 Å². The Hall–Kier alpha value is -1.14. The van der Waals surface area contributed by atoms with Gasteiger partial charge in [-0.2, -0.15) is 0 Å². The van der Waals surface area contributed by atoms with Gasteiger partial charge in [-0.3, -0.25) is 4.79 Å². The SMILES string of the molecule is CCC(CC)[C@H](NC(C)=O)[C@@H]1[C@H](O)[C@@H](C(=O)[O-])C[C@H]1N. The third kappa shape index (κ3) is 3.49. The molecule has 5 atom stereocenters. The highest BCUT2D eigenvalue weighted by molar-refractivity contribution is 5.73. The first-order valence-corrected chi connectivity index (χ1v) is 7.25. The quantitative estimate of drug-likeness (QED) is 0.579. The molecule has 6 heteroatoms. The molecule has 1 aliphatic rings. The lowest BCUT2D eigenvalue weighted by atomic mass is 9.80. The zero-order valence-electron chi connectivity index (χ0n) is 12.3. The molecule has 6 nitrogen and oxygen atoms in total. The first kappa shape index (κ1) is 16.9. The second-order valence-corrected chi connectivity index (χ2v) is 5.70. The molecule has 0 aromatic carbocycles. The fraction of sp³-hybridized carbons (Fsp3) is 0.857. The summed E-state index contributed by atoms with van der Waals surface area (Å²) in [5.74, 6) is -2.72. The number of hydrogen-bond donors (Lipinski definition) is 3. The Bertz CT molecular complexity index is 357. The maximum Gasteiger partial charge on any atom is 0.217 e. The molecule has 0 spiro atoms. The van der Waals surface area contributed by atoms with E-state index in [2.05, 4.69) is 5.32 Å². The second kappa shape index (κ2) is 7.04. The lowest BCUT2D eigenvalue weighted by molar-refractivity contribution is -0.313. The number of nitrogens with two attached hydrogens (primary N) is 1. The van der Waals surface area contributed by atoms with Crippen LogP contribution < -0.4 is 16.2 Å². The lowest BCUT2D eigenvalue weighted by Crippen LogP contribution is -2.52. The van der Waals surface area contributed by atoms with Crippen LogP contribution in [-0.4, -0.2) is 35.2 Å². The number of rotatable bonds is 6. The van der Waals surface area contributed by atoms with Gasteiger partial charge in [0.1, 0.15) is 0 Å². The van der Waals surface area contributed by atoms with Crippen molar-refractivity contribution < 1.29 is 19.8 Å². The summed E-state index contributed by atoms with van der Waals surface area (Å²) in [4.78, 5) is 22.5. The van der Waals surface area contributed by atoms with E-state index in [1.165, 1.54) is 6.92 Å². The van der Waals surface area contributed by atoms with Crippen LogP contribution in [0.2, 0.25) is 0 Å². The number of amides is 1. The van der Waals surface area contributed by atoms with Crippen molar-refractivity contribution in [2.24, 2.45) is 23.5 Å². The Labute approximate surface area is 119 Å². The predicted octanol–water partition coefficient (Wildman–Crippen LogP) is -0.998. The fourth-order valence-electron chi connectivity index (χ4n) is 3.39. The van der Waals surface area contributed by atoms with E-state index in [-0.39, 0.29) is 24.3 Å². The highest BCUT2D eigenvalue weighted by Gasteiger charge is 2.46. The number of carboxylic acid groups (broad SMARTS) is 1. The van der Waals surface area contributed by atoms with E-state index in [1.807, 2.05) is 13.8 Å². The molecule has 0 aromatic rings. The zero-order chi connectivity index (χ0) is 15.4. The van der Waals surface area contributed by atoms with Crippen molar-refractivity contribution in [1.29, 1.82) is 0 Å². The van der Waals surface area contributed by atoms with Gasteiger partial charge in [0.15, 0.2) is 0 Å². The first-order valence-electron chi connectivity index (χ1n) is 7.25. The minimum atomic E-state index is -1.28. The van der Waals surface area contributed by atoms with Crippen LogP contribution in [0.3, 0.4) is 0 Å². The zero-order valence-corrected chi connectivity index (χ0v) is 12.3. The van der Waals surface area contributed by atoms with Gasteiger partial charge in [-0.05, 0) is 12.3 Å². The van der Waals surface area contributed by atoms with E-state index >= 15 is 0 Å². The standard InChI is InChI=1S/C14H26N2O4/c1-4-8(5-2)12(16-7(3)17)11-10(15)6-9(13(11)18)14(19)20/h8-13,18H,4-6,15H2,1-3H3,(H,16,17)(H,19,20)/p-1/t9-,10+,11+,12-,13+/m0/s1. The molecule has 0 aromatic heterocycles. The molecule has 0 saturated heterocycles. The molecule has 1 rings (SSSR count). The number of hydrogen-bond acceptors (Lipinski definition) is 5. The summed E-state index contributed by atoms with van der Waals surface area (Å²) < 4.78 is 0. The average molecular weight is 285 g/mol. The third-order valence-corrected chi connectivity index (χ3v) is 4.47. The predicted molar refractivity (Wildman–Crippen MR) is 72.3 cm³/mol. The number of carbonyl (C=O) groups excluding carboxylic acids is 2. The largest absolute Gasteiger partial charge is 0.550 e. The van der Waals surface area contributed by atoms with Crippen molar-refractivity contribution in [3.8, 4) is 0 Å². The first-order chi connectivity index (χ1) is 9.33. The molecule has 0 radical (unpaired) electrons. The van der Waals surface area contributed by atoms with Crippen molar-refractivity contribution in [3.63, 3.8) is 0 Å². The maximum atomic E-state index is 11.4. The summed E-state index contributed by atoms with van der Waals surface area (Å²) in [6.45, 7) is 5.43. The smallest absolute Gasteiger partial charge is 0.217 e. The van der Waals surface area contributed by atoms with Gasteiger partial charge in [0, 0.05) is 36.8 Å². The number of nitrogens with one attached hydrogen (secondary N) is 1. The van der Waals surface area contributed by atoms with Gasteiger partial charge >= 0.3 is 0 Å². The van der Waals surface area contributed by atoms with Crippen LogP contribution in [0, 0.1) is 17.8 Å². The van der Waals surface area contributed by atoms with Gasteiger partial charge in [-0.15, -0.1) is 0 Å². The van der Waals surface area contributed by atoms with Gasteiger partial charge in [0.25, 0.3) is 0 Å². The van der Waals surface area contributed by atoms with E-state index in [0.717, 1.165) is 12.8 Å². The fourth-order valence-corrected chi connectivity index (χ4v) is 3.39. The van der Waals surface area contributed by atoms with Crippen molar-refractivity contribution in [1.82, 2.24) is 5.32 Å².